The van der Waals surface area contributed by atoms with Crippen LogP contribution >= 0.6 is 0 Å². The van der Waals surface area contributed by atoms with E-state index in [2.05, 4.69) is 0 Å². The van der Waals surface area contributed by atoms with E-state index in [4.69, 9.17) is 8.83 Å². The monoisotopic (exact) mass is 272 g/mol. The van der Waals surface area contributed by atoms with E-state index in [9.17, 15) is 20.4 Å². The van der Waals surface area contributed by atoms with Gasteiger partial charge in [0.25, 0.3) is 0 Å². The minimum atomic E-state index is -0.389. The molecule has 0 spiro atoms. The van der Waals surface area contributed by atoms with E-state index < -0.39 is 0 Å². The Morgan fingerprint density at radius 2 is 1.05 bits per heavy atom. The lowest BCUT2D eigenvalue weighted by Gasteiger charge is -2.09. The molecule has 100 valence electrons. The second-order valence-electron chi connectivity index (χ2n) is 4.55. The van der Waals surface area contributed by atoms with Crippen LogP contribution in [0, 0.1) is 10.4 Å². The third kappa shape index (κ3) is 1.13. The van der Waals surface area contributed by atoms with Crippen LogP contribution in [0.1, 0.15) is 0 Å². The molecule has 6 heteroatoms. The lowest BCUT2D eigenvalue weighted by atomic mass is 10.1. The highest BCUT2D eigenvalue weighted by Gasteiger charge is 2.18. The van der Waals surface area contributed by atoms with Gasteiger partial charge in [0, 0.05) is 21.2 Å². The SMILES string of the molecule is Oc1cc2coc3c(O)c(O)cc4coc(c1O)c2=c43. The van der Waals surface area contributed by atoms with Crippen LogP contribution in [0.2, 0.25) is 0 Å². The molecule has 0 amide bonds. The molecule has 2 aliphatic heterocycles. The summed E-state index contributed by atoms with van der Waals surface area (Å²) >= 11 is 0. The maximum Gasteiger partial charge on any atom is 0.201 e. The summed E-state index contributed by atoms with van der Waals surface area (Å²) in [4.78, 5) is 0. The Morgan fingerprint density at radius 1 is 0.650 bits per heavy atom. The number of aromatic hydroxyl groups is 4. The molecule has 4 N–H and O–H groups in total. The van der Waals surface area contributed by atoms with E-state index in [1.807, 2.05) is 0 Å². The second kappa shape index (κ2) is 3.30. The van der Waals surface area contributed by atoms with Crippen LogP contribution in [0.15, 0.2) is 33.5 Å². The van der Waals surface area contributed by atoms with Crippen LogP contribution in [0.5, 0.6) is 23.0 Å². The summed E-state index contributed by atoms with van der Waals surface area (Å²) in [7, 11) is 0. The molecule has 0 saturated heterocycles. The molecule has 2 heterocycles. The number of hydrogen-bond acceptors (Lipinski definition) is 6. The fourth-order valence-corrected chi connectivity index (χ4v) is 2.48. The van der Waals surface area contributed by atoms with Crippen molar-refractivity contribution in [2.24, 2.45) is 0 Å². The number of hydrogen-bond donors (Lipinski definition) is 4. The van der Waals surface area contributed by atoms with Crippen molar-refractivity contribution >= 4 is 21.9 Å². The van der Waals surface area contributed by atoms with Gasteiger partial charge in [0.2, 0.25) is 11.5 Å². The standard InChI is InChI=1S/C14H8O6/c15-7-1-5-3-19-14-10-6(2-8(16)12(14)18)4-20-13(9(5)10)11(7)17/h1-4,15-18H. The van der Waals surface area contributed by atoms with E-state index in [-0.39, 0.29) is 34.2 Å². The molecule has 0 fully saturated rings. The zero-order valence-electron chi connectivity index (χ0n) is 9.91. The van der Waals surface area contributed by atoms with Crippen LogP contribution in [-0.2, 0) is 0 Å². The average molecular weight is 272 g/mol. The predicted molar refractivity (Wildman–Crippen MR) is 67.9 cm³/mol. The van der Waals surface area contributed by atoms with Crippen molar-refractivity contribution in [2.45, 2.75) is 0 Å². The van der Waals surface area contributed by atoms with Crippen molar-refractivity contribution in [3.63, 3.8) is 0 Å². The molecule has 0 saturated carbocycles. The summed E-state index contributed by atoms with van der Waals surface area (Å²) in [5.74, 6) is -1.44. The van der Waals surface area contributed by atoms with E-state index in [1.165, 1.54) is 24.7 Å². The van der Waals surface area contributed by atoms with Gasteiger partial charge in [-0.2, -0.15) is 0 Å². The van der Waals surface area contributed by atoms with Gasteiger partial charge in [-0.25, -0.2) is 0 Å². The highest BCUT2D eigenvalue weighted by Crippen LogP contribution is 2.40. The lowest BCUT2D eigenvalue weighted by Crippen LogP contribution is -1.88. The fraction of sp³-hybridized carbons (Fsp3) is 0. The van der Waals surface area contributed by atoms with Gasteiger partial charge in [-0.1, -0.05) is 0 Å². The van der Waals surface area contributed by atoms with Crippen molar-refractivity contribution in [1.29, 1.82) is 0 Å². The average Bonchev–Trinajstić information content (AvgIpc) is 2.44. The molecule has 0 aromatic heterocycles. The van der Waals surface area contributed by atoms with Gasteiger partial charge >= 0.3 is 0 Å². The maximum absolute atomic E-state index is 9.87. The first-order valence-electron chi connectivity index (χ1n) is 5.76. The first-order chi connectivity index (χ1) is 9.58. The Bertz CT molecular complexity index is 955. The molecule has 2 aromatic rings. The molecule has 6 nitrogen and oxygen atoms in total. The van der Waals surface area contributed by atoms with E-state index in [0.717, 1.165) is 0 Å². The highest BCUT2D eigenvalue weighted by molar-refractivity contribution is 5.84. The summed E-state index contributed by atoms with van der Waals surface area (Å²) in [6.07, 6.45) is 2.61. The van der Waals surface area contributed by atoms with Gasteiger partial charge in [-0.05, 0) is 12.1 Å². The van der Waals surface area contributed by atoms with Crippen LogP contribution in [0.4, 0.5) is 0 Å². The molecular formula is C14H8O6. The van der Waals surface area contributed by atoms with Crippen molar-refractivity contribution in [3.05, 3.63) is 35.1 Å². The molecule has 0 unspecified atom stereocenters. The first-order valence-corrected chi connectivity index (χ1v) is 5.76. The Kier molecular flexibility index (Phi) is 1.79. The highest BCUT2D eigenvalue weighted by atomic mass is 16.4. The summed E-state index contributed by atoms with van der Waals surface area (Å²) in [5, 5.41) is 41.0. The van der Waals surface area contributed by atoms with Gasteiger partial charge < -0.3 is 29.3 Å². The molecule has 0 atom stereocenters. The van der Waals surface area contributed by atoms with Crippen molar-refractivity contribution < 1.29 is 29.3 Å². The first kappa shape index (κ1) is 10.9. The number of benzene rings is 2. The fourth-order valence-electron chi connectivity index (χ4n) is 2.48. The summed E-state index contributed by atoms with van der Waals surface area (Å²) in [6, 6.07) is 2.67. The number of phenolic OH excluding ortho intramolecular Hbond substituents is 4. The van der Waals surface area contributed by atoms with Crippen molar-refractivity contribution in [1.82, 2.24) is 0 Å². The zero-order valence-corrected chi connectivity index (χ0v) is 9.91. The minimum absolute atomic E-state index is 0.0818. The maximum atomic E-state index is 9.87. The van der Waals surface area contributed by atoms with Crippen LogP contribution in [-0.4, -0.2) is 20.4 Å². The van der Waals surface area contributed by atoms with Crippen LogP contribution in [0.25, 0.3) is 21.9 Å². The van der Waals surface area contributed by atoms with Crippen LogP contribution < -0.4 is 0 Å². The van der Waals surface area contributed by atoms with E-state index in [1.54, 1.807) is 0 Å². The Hall–Kier alpha value is -3.02. The Balaban J connectivity index is 2.51. The number of rotatable bonds is 0. The van der Waals surface area contributed by atoms with Crippen LogP contribution in [0.3, 0.4) is 0 Å². The normalized spacial score (nSPS) is 11.8. The van der Waals surface area contributed by atoms with Gasteiger partial charge in [0.15, 0.2) is 22.7 Å². The summed E-state index contributed by atoms with van der Waals surface area (Å²) in [6.45, 7) is 0. The predicted octanol–water partition coefficient (Wildman–Crippen LogP) is 2.73. The summed E-state index contributed by atoms with van der Waals surface area (Å²) in [5.41, 5.74) is 0.164. The minimum Gasteiger partial charge on any atom is -0.504 e. The van der Waals surface area contributed by atoms with Crippen molar-refractivity contribution in [2.75, 3.05) is 0 Å². The quantitative estimate of drug-likeness (QED) is 0.367. The zero-order chi connectivity index (χ0) is 14.0. The molecule has 0 aliphatic carbocycles. The van der Waals surface area contributed by atoms with Gasteiger partial charge in [0.1, 0.15) is 0 Å². The second-order valence-corrected chi connectivity index (χ2v) is 4.55. The molecule has 0 bridgehead atoms. The Labute approximate surface area is 110 Å². The molecule has 2 aliphatic rings. The molecule has 0 radical (unpaired) electrons. The Morgan fingerprint density at radius 3 is 1.45 bits per heavy atom. The van der Waals surface area contributed by atoms with Crippen molar-refractivity contribution in [3.8, 4) is 23.0 Å². The smallest absolute Gasteiger partial charge is 0.201 e. The topological polar surface area (TPSA) is 107 Å². The number of phenols is 4. The third-order valence-electron chi connectivity index (χ3n) is 3.39. The summed E-state index contributed by atoms with van der Waals surface area (Å²) < 4.78 is 10.6. The van der Waals surface area contributed by atoms with Gasteiger partial charge in [-0.3, -0.25) is 0 Å². The largest absolute Gasteiger partial charge is 0.504 e. The van der Waals surface area contributed by atoms with E-state index in [0.29, 0.717) is 21.2 Å². The molecule has 20 heavy (non-hydrogen) atoms. The molecular weight excluding hydrogens is 264 g/mol. The molecule has 4 rings (SSSR count). The lowest BCUT2D eigenvalue weighted by molar-refractivity contribution is 0.395. The third-order valence-corrected chi connectivity index (χ3v) is 3.39. The van der Waals surface area contributed by atoms with Gasteiger partial charge in [-0.15, -0.1) is 0 Å². The molecule has 2 aromatic carbocycles. The van der Waals surface area contributed by atoms with E-state index >= 15 is 0 Å². The van der Waals surface area contributed by atoms with Gasteiger partial charge in [0.05, 0.1) is 12.5 Å².